The molecule has 1 atom stereocenters. The van der Waals surface area contributed by atoms with Gasteiger partial charge in [-0.3, -0.25) is 0 Å². The molecule has 1 fully saturated rings. The molecule has 1 heterocycles. The molecule has 3 aliphatic rings. The first-order valence-electron chi connectivity index (χ1n) is 7.30. The van der Waals surface area contributed by atoms with Gasteiger partial charge in [0.2, 0.25) is 6.67 Å². The second-order valence-corrected chi connectivity index (χ2v) is 5.63. The summed E-state index contributed by atoms with van der Waals surface area (Å²) in [5.41, 5.74) is 4.25. The van der Waals surface area contributed by atoms with Crippen LogP contribution in [0.2, 0.25) is 0 Å². The van der Waals surface area contributed by atoms with E-state index in [-0.39, 0.29) is 0 Å². The molecule has 0 amide bonds. The Balaban J connectivity index is 1.72. The number of hydrogen-bond acceptors (Lipinski definition) is 2. The molecule has 19 heavy (non-hydrogen) atoms. The third kappa shape index (κ3) is 2.49. The van der Waals surface area contributed by atoms with E-state index in [4.69, 9.17) is 0 Å². The van der Waals surface area contributed by atoms with Crippen molar-refractivity contribution in [3.05, 3.63) is 54.0 Å². The van der Waals surface area contributed by atoms with Crippen molar-refractivity contribution in [3.8, 4) is 0 Å². The highest BCUT2D eigenvalue weighted by molar-refractivity contribution is 5.29. The third-order valence-electron chi connectivity index (χ3n) is 4.19. The van der Waals surface area contributed by atoms with Crippen LogP contribution < -0.4 is 0 Å². The highest BCUT2D eigenvalue weighted by Gasteiger charge is 2.28. The maximum atomic E-state index is 3.56. The normalized spacial score (nSPS) is 27.3. The van der Waals surface area contributed by atoms with Crippen LogP contribution in [0.25, 0.3) is 0 Å². The van der Waals surface area contributed by atoms with Gasteiger partial charge in [0.25, 0.3) is 0 Å². The molecular weight excluding hydrogens is 232 g/mol. The van der Waals surface area contributed by atoms with Crippen LogP contribution in [-0.2, 0) is 0 Å². The lowest BCUT2D eigenvalue weighted by Gasteiger charge is -2.28. The van der Waals surface area contributed by atoms with E-state index < -0.39 is 0 Å². The Morgan fingerprint density at radius 3 is 2.84 bits per heavy atom. The minimum atomic E-state index is 0.610. The molecule has 2 heteroatoms. The summed E-state index contributed by atoms with van der Waals surface area (Å²) in [6, 6.07) is 0. The Morgan fingerprint density at radius 1 is 1.21 bits per heavy atom. The molecule has 2 radical (unpaired) electrons. The van der Waals surface area contributed by atoms with E-state index in [2.05, 4.69) is 60.7 Å². The number of hydrogen-bond donors (Lipinski definition) is 0. The minimum absolute atomic E-state index is 0.610. The zero-order valence-corrected chi connectivity index (χ0v) is 11.9. The van der Waals surface area contributed by atoms with E-state index in [1.165, 1.54) is 17.0 Å². The van der Waals surface area contributed by atoms with Gasteiger partial charge in [0, 0.05) is 24.5 Å². The van der Waals surface area contributed by atoms with Crippen molar-refractivity contribution in [1.29, 1.82) is 0 Å². The highest BCUT2D eigenvalue weighted by Crippen LogP contribution is 2.31. The van der Waals surface area contributed by atoms with Crippen molar-refractivity contribution in [1.82, 2.24) is 9.80 Å². The maximum absolute atomic E-state index is 3.56. The van der Waals surface area contributed by atoms with Gasteiger partial charge in [-0.15, -0.1) is 0 Å². The monoisotopic (exact) mass is 254 g/mol. The average molecular weight is 254 g/mol. The summed E-state index contributed by atoms with van der Waals surface area (Å²) < 4.78 is 0. The van der Waals surface area contributed by atoms with E-state index in [9.17, 15) is 0 Å². The zero-order valence-electron chi connectivity index (χ0n) is 11.9. The first-order valence-corrected chi connectivity index (χ1v) is 7.30. The van der Waals surface area contributed by atoms with Crippen molar-refractivity contribution in [3.63, 3.8) is 0 Å². The van der Waals surface area contributed by atoms with Gasteiger partial charge in [-0.2, -0.15) is 0 Å². The molecule has 0 aromatic heterocycles. The van der Waals surface area contributed by atoms with Crippen LogP contribution in [0.15, 0.2) is 47.3 Å². The first kappa shape index (κ1) is 12.6. The summed E-state index contributed by atoms with van der Waals surface area (Å²) in [5.74, 6) is 0.610. The van der Waals surface area contributed by atoms with Gasteiger partial charge in [0.15, 0.2) is 0 Å². The number of rotatable bonds is 2. The minimum Gasteiger partial charge on any atom is -0.343 e. The van der Waals surface area contributed by atoms with Gasteiger partial charge < -0.3 is 9.80 Å². The maximum Gasteiger partial charge on any atom is 0.208 e. The lowest BCUT2D eigenvalue weighted by Crippen LogP contribution is -2.23. The first-order chi connectivity index (χ1) is 9.25. The fourth-order valence-electron chi connectivity index (χ4n) is 3.04. The SMILES string of the molecule is CC1=C(N2[C]N(C3=CC=CC[C@H]3C)CC2)CCC=C1. The molecule has 100 valence electrons. The molecule has 0 saturated carbocycles. The van der Waals surface area contributed by atoms with Gasteiger partial charge in [0.05, 0.1) is 0 Å². The molecule has 0 aromatic rings. The number of allylic oxidation sites excluding steroid dienone is 8. The molecule has 0 bridgehead atoms. The summed E-state index contributed by atoms with van der Waals surface area (Å²) >= 11 is 0. The fourth-order valence-corrected chi connectivity index (χ4v) is 3.04. The van der Waals surface area contributed by atoms with Crippen molar-refractivity contribution in [2.45, 2.75) is 33.1 Å². The fraction of sp³-hybridized carbons (Fsp3) is 0.471. The predicted molar refractivity (Wildman–Crippen MR) is 78.7 cm³/mol. The van der Waals surface area contributed by atoms with E-state index >= 15 is 0 Å². The molecule has 2 nitrogen and oxygen atoms in total. The van der Waals surface area contributed by atoms with Crippen LogP contribution >= 0.6 is 0 Å². The third-order valence-corrected chi connectivity index (χ3v) is 4.19. The molecular formula is C17H22N2. The van der Waals surface area contributed by atoms with Crippen LogP contribution in [0.4, 0.5) is 0 Å². The Bertz CT molecular complexity index is 468. The van der Waals surface area contributed by atoms with Crippen molar-refractivity contribution < 1.29 is 0 Å². The van der Waals surface area contributed by atoms with E-state index in [0.717, 1.165) is 32.4 Å². The van der Waals surface area contributed by atoms with Crippen LogP contribution in [0.5, 0.6) is 0 Å². The quantitative estimate of drug-likeness (QED) is 0.741. The van der Waals surface area contributed by atoms with Gasteiger partial charge in [0.1, 0.15) is 0 Å². The molecule has 0 spiro atoms. The van der Waals surface area contributed by atoms with Gasteiger partial charge in [-0.05, 0) is 43.8 Å². The topological polar surface area (TPSA) is 6.48 Å². The molecule has 0 aromatic carbocycles. The van der Waals surface area contributed by atoms with E-state index in [1.54, 1.807) is 0 Å². The molecule has 1 saturated heterocycles. The second-order valence-electron chi connectivity index (χ2n) is 5.63. The summed E-state index contributed by atoms with van der Waals surface area (Å²) in [6.07, 6.45) is 14.6. The Kier molecular flexibility index (Phi) is 3.50. The van der Waals surface area contributed by atoms with Crippen LogP contribution in [0.1, 0.15) is 33.1 Å². The van der Waals surface area contributed by atoms with Crippen molar-refractivity contribution in [2.24, 2.45) is 5.92 Å². The molecule has 0 unspecified atom stereocenters. The van der Waals surface area contributed by atoms with Gasteiger partial charge in [-0.1, -0.05) is 31.2 Å². The summed E-state index contributed by atoms with van der Waals surface area (Å²) in [7, 11) is 0. The predicted octanol–water partition coefficient (Wildman–Crippen LogP) is 3.70. The standard InChI is InChI=1S/C17H22N2/c1-14-7-3-5-9-16(14)18-11-12-19(13-18)17-10-6-4-8-15(17)2/h3-5,8-9,14H,6-7,10-12H2,1-2H3/t14-/m1/s1. The van der Waals surface area contributed by atoms with Crippen LogP contribution in [0.3, 0.4) is 0 Å². The summed E-state index contributed by atoms with van der Waals surface area (Å²) in [5, 5.41) is 0. The van der Waals surface area contributed by atoms with E-state index in [0.29, 0.717) is 5.92 Å². The van der Waals surface area contributed by atoms with Gasteiger partial charge >= 0.3 is 0 Å². The summed E-state index contributed by atoms with van der Waals surface area (Å²) in [6.45, 7) is 10.2. The Labute approximate surface area is 116 Å². The summed E-state index contributed by atoms with van der Waals surface area (Å²) in [4.78, 5) is 4.64. The zero-order chi connectivity index (χ0) is 13.2. The largest absolute Gasteiger partial charge is 0.343 e. The molecule has 2 aliphatic carbocycles. The smallest absolute Gasteiger partial charge is 0.208 e. The molecule has 0 N–H and O–H groups in total. The Morgan fingerprint density at radius 2 is 2.05 bits per heavy atom. The number of nitrogens with zero attached hydrogens (tertiary/aromatic N) is 2. The van der Waals surface area contributed by atoms with Crippen LogP contribution in [0, 0.1) is 12.6 Å². The average Bonchev–Trinajstić information content (AvgIpc) is 2.89. The molecule has 3 rings (SSSR count). The van der Waals surface area contributed by atoms with Crippen LogP contribution in [-0.4, -0.2) is 22.9 Å². The lowest BCUT2D eigenvalue weighted by atomic mass is 9.98. The van der Waals surface area contributed by atoms with Crippen molar-refractivity contribution in [2.75, 3.05) is 13.1 Å². The Hall–Kier alpha value is -1.44. The van der Waals surface area contributed by atoms with E-state index in [1.807, 2.05) is 0 Å². The molecule has 1 aliphatic heterocycles. The van der Waals surface area contributed by atoms with Crippen molar-refractivity contribution >= 4 is 0 Å². The highest BCUT2D eigenvalue weighted by atomic mass is 15.4. The second kappa shape index (κ2) is 5.28. The van der Waals surface area contributed by atoms with Gasteiger partial charge in [-0.25, -0.2) is 0 Å². The lowest BCUT2D eigenvalue weighted by molar-refractivity contribution is 0.372.